The minimum Gasteiger partial charge on any atom is -0.392 e. The van der Waals surface area contributed by atoms with Crippen LogP contribution in [-0.2, 0) is 13.2 Å². The Balaban J connectivity index is 1.87. The van der Waals surface area contributed by atoms with Gasteiger partial charge in [0.2, 0.25) is 0 Å². The number of benzene rings is 2. The third kappa shape index (κ3) is 2.80. The molecule has 4 nitrogen and oxygen atoms in total. The van der Waals surface area contributed by atoms with Crippen molar-refractivity contribution in [3.8, 4) is 0 Å². The maximum atomic E-state index is 12.0. The van der Waals surface area contributed by atoms with Crippen molar-refractivity contribution in [2.75, 3.05) is 5.32 Å². The number of aromatic nitrogens is 1. The maximum absolute atomic E-state index is 12.0. The van der Waals surface area contributed by atoms with E-state index in [2.05, 4.69) is 10.3 Å². The van der Waals surface area contributed by atoms with E-state index in [1.807, 2.05) is 48.5 Å². The highest BCUT2D eigenvalue weighted by molar-refractivity contribution is 5.78. The number of aliphatic hydroxyl groups excluding tert-OH is 1. The minimum atomic E-state index is -0.0165. The fourth-order valence-electron chi connectivity index (χ4n) is 2.37. The van der Waals surface area contributed by atoms with Gasteiger partial charge >= 0.3 is 0 Å². The number of rotatable bonds is 4. The summed E-state index contributed by atoms with van der Waals surface area (Å²) in [5.41, 5.74) is 3.36. The van der Waals surface area contributed by atoms with Crippen LogP contribution in [0.1, 0.15) is 11.3 Å². The normalized spacial score (nSPS) is 10.7. The van der Waals surface area contributed by atoms with E-state index in [4.69, 9.17) is 0 Å². The smallest absolute Gasteiger partial charge is 0.189 e. The van der Waals surface area contributed by atoms with Crippen LogP contribution in [0.2, 0.25) is 0 Å². The van der Waals surface area contributed by atoms with Gasteiger partial charge in [-0.15, -0.1) is 0 Å². The lowest BCUT2D eigenvalue weighted by Gasteiger charge is -2.11. The molecule has 0 atom stereocenters. The molecule has 0 fully saturated rings. The van der Waals surface area contributed by atoms with Gasteiger partial charge in [0.1, 0.15) is 0 Å². The number of aliphatic hydroxyl groups is 1. The second-order valence-electron chi connectivity index (χ2n) is 4.87. The molecule has 0 saturated carbocycles. The summed E-state index contributed by atoms with van der Waals surface area (Å²) in [6.45, 7) is 0.481. The van der Waals surface area contributed by atoms with Crippen LogP contribution in [-0.4, -0.2) is 10.1 Å². The molecule has 0 aliphatic rings. The van der Waals surface area contributed by atoms with Crippen LogP contribution < -0.4 is 10.7 Å². The van der Waals surface area contributed by atoms with Gasteiger partial charge < -0.3 is 15.4 Å². The van der Waals surface area contributed by atoms with Gasteiger partial charge in [-0.3, -0.25) is 4.79 Å². The Hall–Kier alpha value is -2.59. The maximum Gasteiger partial charge on any atom is 0.189 e. The molecule has 106 valence electrons. The predicted octanol–water partition coefficient (Wildman–Crippen LogP) is 2.63. The molecule has 1 aromatic heterocycles. The zero-order chi connectivity index (χ0) is 14.7. The van der Waals surface area contributed by atoms with E-state index in [0.29, 0.717) is 11.9 Å². The van der Waals surface area contributed by atoms with E-state index in [1.54, 1.807) is 6.07 Å². The number of hydrogen-bond donors (Lipinski definition) is 3. The van der Waals surface area contributed by atoms with Gasteiger partial charge in [0.05, 0.1) is 13.2 Å². The molecule has 3 rings (SSSR count). The Morgan fingerprint density at radius 3 is 2.67 bits per heavy atom. The van der Waals surface area contributed by atoms with Crippen molar-refractivity contribution in [2.45, 2.75) is 13.2 Å². The van der Waals surface area contributed by atoms with Gasteiger partial charge in [0.15, 0.2) is 5.43 Å². The number of anilines is 1. The SMILES string of the molecule is O=c1cc(CNc2ccccc2CO)[nH]c2ccccc12. The molecule has 0 unspecified atom stereocenters. The molecular weight excluding hydrogens is 264 g/mol. The molecule has 21 heavy (non-hydrogen) atoms. The fourth-order valence-corrected chi connectivity index (χ4v) is 2.37. The summed E-state index contributed by atoms with van der Waals surface area (Å²) < 4.78 is 0. The van der Waals surface area contributed by atoms with E-state index in [1.165, 1.54) is 0 Å². The van der Waals surface area contributed by atoms with Gasteiger partial charge in [0, 0.05) is 33.9 Å². The summed E-state index contributed by atoms with van der Waals surface area (Å²) in [6.07, 6.45) is 0. The molecule has 2 aromatic carbocycles. The summed E-state index contributed by atoms with van der Waals surface area (Å²) in [5.74, 6) is 0. The van der Waals surface area contributed by atoms with E-state index in [-0.39, 0.29) is 12.0 Å². The lowest BCUT2D eigenvalue weighted by atomic mass is 10.1. The first-order chi connectivity index (χ1) is 10.3. The summed E-state index contributed by atoms with van der Waals surface area (Å²) in [7, 11) is 0. The standard InChI is InChI=1S/C17H16N2O2/c20-11-12-5-1-3-7-15(12)18-10-13-9-17(21)14-6-2-4-8-16(14)19-13/h1-9,18,20H,10-11H2,(H,19,21). The molecule has 0 spiro atoms. The second-order valence-corrected chi connectivity index (χ2v) is 4.87. The van der Waals surface area contributed by atoms with Gasteiger partial charge in [-0.1, -0.05) is 30.3 Å². The van der Waals surface area contributed by atoms with E-state index >= 15 is 0 Å². The predicted molar refractivity (Wildman–Crippen MR) is 84.3 cm³/mol. The first kappa shape index (κ1) is 13.4. The Labute approximate surface area is 122 Å². The largest absolute Gasteiger partial charge is 0.392 e. The van der Waals surface area contributed by atoms with Crippen molar-refractivity contribution in [3.05, 3.63) is 76.1 Å². The van der Waals surface area contributed by atoms with Crippen LogP contribution in [0.5, 0.6) is 0 Å². The molecule has 3 aromatic rings. The third-order valence-electron chi connectivity index (χ3n) is 3.45. The Morgan fingerprint density at radius 1 is 1.05 bits per heavy atom. The van der Waals surface area contributed by atoms with Crippen LogP contribution in [0, 0.1) is 0 Å². The zero-order valence-electron chi connectivity index (χ0n) is 11.5. The average Bonchev–Trinajstić information content (AvgIpc) is 2.53. The molecule has 3 N–H and O–H groups in total. The lowest BCUT2D eigenvalue weighted by Crippen LogP contribution is -2.09. The summed E-state index contributed by atoms with van der Waals surface area (Å²) in [6, 6.07) is 16.6. The highest BCUT2D eigenvalue weighted by Gasteiger charge is 2.03. The highest BCUT2D eigenvalue weighted by atomic mass is 16.3. The first-order valence-corrected chi connectivity index (χ1v) is 6.81. The molecule has 1 heterocycles. The zero-order valence-corrected chi connectivity index (χ0v) is 11.5. The third-order valence-corrected chi connectivity index (χ3v) is 3.45. The monoisotopic (exact) mass is 280 g/mol. The van der Waals surface area contributed by atoms with Crippen molar-refractivity contribution in [1.82, 2.24) is 4.98 Å². The summed E-state index contributed by atoms with van der Waals surface area (Å²) in [5, 5.41) is 13.2. The van der Waals surface area contributed by atoms with Crippen LogP contribution in [0.4, 0.5) is 5.69 Å². The average molecular weight is 280 g/mol. The van der Waals surface area contributed by atoms with Crippen LogP contribution in [0.3, 0.4) is 0 Å². The molecule has 0 saturated heterocycles. The molecule has 0 amide bonds. The quantitative estimate of drug-likeness (QED) is 0.688. The number of pyridine rings is 1. The molecule has 4 heteroatoms. The van der Waals surface area contributed by atoms with Crippen molar-refractivity contribution in [3.63, 3.8) is 0 Å². The number of hydrogen-bond acceptors (Lipinski definition) is 3. The summed E-state index contributed by atoms with van der Waals surface area (Å²) in [4.78, 5) is 15.3. The topological polar surface area (TPSA) is 65.1 Å². The summed E-state index contributed by atoms with van der Waals surface area (Å²) >= 11 is 0. The lowest BCUT2D eigenvalue weighted by molar-refractivity contribution is 0.282. The van der Waals surface area contributed by atoms with Crippen molar-refractivity contribution in [2.24, 2.45) is 0 Å². The molecule has 0 bridgehead atoms. The number of H-pyrrole nitrogens is 1. The van der Waals surface area contributed by atoms with E-state index in [0.717, 1.165) is 22.5 Å². The van der Waals surface area contributed by atoms with Crippen molar-refractivity contribution >= 4 is 16.6 Å². The van der Waals surface area contributed by atoms with Gasteiger partial charge in [-0.2, -0.15) is 0 Å². The Bertz CT molecular complexity index is 824. The molecule has 0 aliphatic carbocycles. The minimum absolute atomic E-state index is 0.0107. The number of nitrogens with one attached hydrogen (secondary N) is 2. The Kier molecular flexibility index (Phi) is 3.71. The Morgan fingerprint density at radius 2 is 1.81 bits per heavy atom. The van der Waals surface area contributed by atoms with Crippen LogP contribution in [0.15, 0.2) is 59.4 Å². The van der Waals surface area contributed by atoms with Crippen LogP contribution >= 0.6 is 0 Å². The second kappa shape index (κ2) is 5.81. The highest BCUT2D eigenvalue weighted by Crippen LogP contribution is 2.16. The van der Waals surface area contributed by atoms with Gasteiger partial charge in [-0.25, -0.2) is 0 Å². The first-order valence-electron chi connectivity index (χ1n) is 6.81. The van der Waals surface area contributed by atoms with Crippen molar-refractivity contribution in [1.29, 1.82) is 0 Å². The van der Waals surface area contributed by atoms with Gasteiger partial charge in [-0.05, 0) is 18.2 Å². The van der Waals surface area contributed by atoms with E-state index < -0.39 is 0 Å². The molecule has 0 aliphatic heterocycles. The van der Waals surface area contributed by atoms with Gasteiger partial charge in [0.25, 0.3) is 0 Å². The van der Waals surface area contributed by atoms with E-state index in [9.17, 15) is 9.90 Å². The number of para-hydroxylation sites is 2. The number of fused-ring (bicyclic) bond motifs is 1. The number of aromatic amines is 1. The molecular formula is C17H16N2O2. The molecule has 0 radical (unpaired) electrons. The fraction of sp³-hybridized carbons (Fsp3) is 0.118. The van der Waals surface area contributed by atoms with Crippen molar-refractivity contribution < 1.29 is 5.11 Å². The van der Waals surface area contributed by atoms with Crippen LogP contribution in [0.25, 0.3) is 10.9 Å².